The summed E-state index contributed by atoms with van der Waals surface area (Å²) < 4.78 is 10.4. The lowest BCUT2D eigenvalue weighted by Crippen LogP contribution is -2.27. The van der Waals surface area contributed by atoms with Gasteiger partial charge >= 0.3 is 11.9 Å². The molecule has 1 aliphatic rings. The third kappa shape index (κ3) is 5.87. The van der Waals surface area contributed by atoms with Gasteiger partial charge in [-0.05, 0) is 61.0 Å². The van der Waals surface area contributed by atoms with Crippen LogP contribution in [-0.4, -0.2) is 41.7 Å². The molecule has 10 nitrogen and oxygen atoms in total. The van der Waals surface area contributed by atoms with E-state index in [1.54, 1.807) is 25.1 Å². The first-order valence-corrected chi connectivity index (χ1v) is 11.8. The van der Waals surface area contributed by atoms with Gasteiger partial charge in [0.2, 0.25) is 5.91 Å². The van der Waals surface area contributed by atoms with E-state index in [2.05, 4.69) is 0 Å². The second kappa shape index (κ2) is 11.2. The summed E-state index contributed by atoms with van der Waals surface area (Å²) in [5, 5.41) is 11.2. The van der Waals surface area contributed by atoms with Gasteiger partial charge in [-0.3, -0.25) is 24.5 Å². The molecule has 0 unspecified atom stereocenters. The highest BCUT2D eigenvalue weighted by Gasteiger charge is 2.37. The average Bonchev–Trinajstić information content (AvgIpc) is 3.30. The largest absolute Gasteiger partial charge is 0.457 e. The number of rotatable bonds is 8. The summed E-state index contributed by atoms with van der Waals surface area (Å²) in [5.74, 6) is -2.64. The topological polar surface area (TPSA) is 133 Å². The summed E-state index contributed by atoms with van der Waals surface area (Å²) in [5.41, 5.74) is 1.55. The summed E-state index contributed by atoms with van der Waals surface area (Å²) >= 11 is 6.15. The number of hydrogen-bond donors (Lipinski definition) is 0. The van der Waals surface area contributed by atoms with Gasteiger partial charge in [-0.2, -0.15) is 0 Å². The van der Waals surface area contributed by atoms with Crippen molar-refractivity contribution in [1.29, 1.82) is 0 Å². The molecule has 0 aliphatic carbocycles. The zero-order chi connectivity index (χ0) is 27.4. The van der Waals surface area contributed by atoms with E-state index >= 15 is 0 Å². The first kappa shape index (κ1) is 26.5. The molecule has 1 atom stereocenters. The van der Waals surface area contributed by atoms with E-state index in [1.165, 1.54) is 53.4 Å². The number of ketones is 1. The molecule has 0 bridgehead atoms. The van der Waals surface area contributed by atoms with E-state index in [1.807, 2.05) is 0 Å². The summed E-state index contributed by atoms with van der Waals surface area (Å²) in [6.45, 7) is 1.40. The SMILES string of the molecule is Cc1c(Cl)cccc1N1C[C@H](C(=O)OCC(=O)c2ccc(OC(=O)c3ccc([N+](=O)[O-])cc3)cc2)CC1=O. The van der Waals surface area contributed by atoms with Crippen LogP contribution in [-0.2, 0) is 14.3 Å². The number of benzene rings is 3. The minimum Gasteiger partial charge on any atom is -0.457 e. The Morgan fingerprint density at radius 2 is 1.68 bits per heavy atom. The van der Waals surface area contributed by atoms with Gasteiger partial charge in [-0.25, -0.2) is 4.79 Å². The molecule has 0 spiro atoms. The summed E-state index contributed by atoms with van der Waals surface area (Å²) in [4.78, 5) is 61.4. The number of halogens is 1. The Balaban J connectivity index is 1.30. The molecular formula is C27H21ClN2O8. The number of nitro groups is 1. The van der Waals surface area contributed by atoms with Gasteiger partial charge < -0.3 is 14.4 Å². The molecule has 4 rings (SSSR count). The molecule has 0 radical (unpaired) electrons. The van der Waals surface area contributed by atoms with Crippen LogP contribution >= 0.6 is 11.6 Å². The van der Waals surface area contributed by atoms with Crippen LogP contribution in [0.15, 0.2) is 66.7 Å². The molecule has 11 heteroatoms. The molecule has 38 heavy (non-hydrogen) atoms. The maximum absolute atomic E-state index is 12.5. The van der Waals surface area contributed by atoms with Gasteiger partial charge in [-0.1, -0.05) is 17.7 Å². The van der Waals surface area contributed by atoms with Crippen molar-refractivity contribution in [2.75, 3.05) is 18.1 Å². The first-order chi connectivity index (χ1) is 18.1. The fourth-order valence-electron chi connectivity index (χ4n) is 3.92. The Morgan fingerprint density at radius 1 is 1.03 bits per heavy atom. The lowest BCUT2D eigenvalue weighted by atomic mass is 10.1. The third-order valence-electron chi connectivity index (χ3n) is 6.03. The highest BCUT2D eigenvalue weighted by molar-refractivity contribution is 6.31. The minimum atomic E-state index is -0.721. The van der Waals surface area contributed by atoms with Gasteiger partial charge in [-0.15, -0.1) is 0 Å². The minimum absolute atomic E-state index is 0.0339. The number of carbonyl (C=O) groups excluding carboxylic acids is 4. The number of hydrogen-bond acceptors (Lipinski definition) is 8. The molecule has 1 heterocycles. The van der Waals surface area contributed by atoms with Crippen molar-refractivity contribution in [2.45, 2.75) is 13.3 Å². The van der Waals surface area contributed by atoms with Crippen LogP contribution in [0.3, 0.4) is 0 Å². The van der Waals surface area contributed by atoms with E-state index in [0.717, 1.165) is 5.56 Å². The number of nitrogens with zero attached hydrogens (tertiary/aromatic N) is 2. The van der Waals surface area contributed by atoms with Crippen LogP contribution in [0, 0.1) is 23.0 Å². The molecule has 3 aromatic rings. The fraction of sp³-hybridized carbons (Fsp3) is 0.185. The van der Waals surface area contributed by atoms with Crippen LogP contribution in [0.1, 0.15) is 32.7 Å². The van der Waals surface area contributed by atoms with Crippen molar-refractivity contribution in [3.05, 3.63) is 98.6 Å². The van der Waals surface area contributed by atoms with Crippen molar-refractivity contribution < 1.29 is 33.6 Å². The van der Waals surface area contributed by atoms with Crippen molar-refractivity contribution in [2.24, 2.45) is 5.92 Å². The van der Waals surface area contributed by atoms with E-state index in [-0.39, 0.29) is 41.4 Å². The Bertz CT molecular complexity index is 1420. The summed E-state index contributed by atoms with van der Waals surface area (Å²) in [6.07, 6.45) is -0.0339. The van der Waals surface area contributed by atoms with Crippen molar-refractivity contribution in [3.8, 4) is 5.75 Å². The lowest BCUT2D eigenvalue weighted by molar-refractivity contribution is -0.384. The highest BCUT2D eigenvalue weighted by atomic mass is 35.5. The molecule has 3 aromatic carbocycles. The predicted molar refractivity (Wildman–Crippen MR) is 136 cm³/mol. The van der Waals surface area contributed by atoms with Gasteiger partial charge in [0.1, 0.15) is 5.75 Å². The molecule has 1 aliphatic heterocycles. The zero-order valence-electron chi connectivity index (χ0n) is 20.1. The number of anilines is 1. The number of esters is 2. The third-order valence-corrected chi connectivity index (χ3v) is 6.44. The quantitative estimate of drug-likeness (QED) is 0.134. The Kier molecular flexibility index (Phi) is 7.82. The Hall–Kier alpha value is -4.57. The molecule has 1 saturated heterocycles. The van der Waals surface area contributed by atoms with Gasteiger partial charge in [0, 0.05) is 41.4 Å². The van der Waals surface area contributed by atoms with Crippen LogP contribution in [0.4, 0.5) is 11.4 Å². The molecule has 1 amide bonds. The number of amides is 1. The number of ether oxygens (including phenoxy) is 2. The summed E-state index contributed by atoms with van der Waals surface area (Å²) in [7, 11) is 0. The van der Waals surface area contributed by atoms with Crippen molar-refractivity contribution in [1.82, 2.24) is 0 Å². The van der Waals surface area contributed by atoms with E-state index in [0.29, 0.717) is 10.7 Å². The van der Waals surface area contributed by atoms with E-state index in [4.69, 9.17) is 21.1 Å². The van der Waals surface area contributed by atoms with Crippen LogP contribution < -0.4 is 9.64 Å². The first-order valence-electron chi connectivity index (χ1n) is 11.5. The maximum Gasteiger partial charge on any atom is 0.343 e. The second-order valence-electron chi connectivity index (χ2n) is 8.54. The van der Waals surface area contributed by atoms with Gasteiger partial charge in [0.25, 0.3) is 5.69 Å². The predicted octanol–water partition coefficient (Wildman–Crippen LogP) is 4.55. The monoisotopic (exact) mass is 536 g/mol. The van der Waals surface area contributed by atoms with Crippen LogP contribution in [0.2, 0.25) is 5.02 Å². The molecule has 0 N–H and O–H groups in total. The Labute approximate surface area is 221 Å². The second-order valence-corrected chi connectivity index (χ2v) is 8.95. The van der Waals surface area contributed by atoms with E-state index in [9.17, 15) is 29.3 Å². The number of non-ortho nitro benzene ring substituents is 1. The lowest BCUT2D eigenvalue weighted by Gasteiger charge is -2.19. The van der Waals surface area contributed by atoms with Gasteiger partial charge in [0.15, 0.2) is 12.4 Å². The molecule has 1 fully saturated rings. The average molecular weight is 537 g/mol. The van der Waals surface area contributed by atoms with Crippen LogP contribution in [0.5, 0.6) is 5.75 Å². The van der Waals surface area contributed by atoms with Crippen molar-refractivity contribution in [3.63, 3.8) is 0 Å². The smallest absolute Gasteiger partial charge is 0.343 e. The normalized spacial score (nSPS) is 14.7. The van der Waals surface area contributed by atoms with Crippen LogP contribution in [0.25, 0.3) is 0 Å². The van der Waals surface area contributed by atoms with Crippen molar-refractivity contribution >= 4 is 46.6 Å². The summed E-state index contributed by atoms with van der Waals surface area (Å²) in [6, 6.07) is 15.8. The molecule has 0 saturated carbocycles. The molecular weight excluding hydrogens is 516 g/mol. The standard InChI is InChI=1S/C27H21ClN2O8/c1-16-22(28)3-2-4-23(16)29-14-19(13-25(29)32)26(33)37-15-24(31)17-7-11-21(12-8-17)38-27(34)18-5-9-20(10-6-18)30(35)36/h2-12,19H,13-15H2,1H3/t19-/m1/s1. The van der Waals surface area contributed by atoms with Gasteiger partial charge in [0.05, 0.1) is 16.4 Å². The number of Topliss-reactive ketones (excluding diaryl/α,β-unsaturated/α-hetero) is 1. The number of nitro benzene ring substituents is 1. The molecule has 194 valence electrons. The Morgan fingerprint density at radius 3 is 2.34 bits per heavy atom. The molecule has 0 aromatic heterocycles. The fourth-order valence-corrected chi connectivity index (χ4v) is 4.09. The zero-order valence-corrected chi connectivity index (χ0v) is 20.8. The highest BCUT2D eigenvalue weighted by Crippen LogP contribution is 2.31. The van der Waals surface area contributed by atoms with E-state index < -0.39 is 35.2 Å². The maximum atomic E-state index is 12.5. The number of carbonyl (C=O) groups is 4.